The predicted molar refractivity (Wildman–Crippen MR) is 117 cm³/mol. The van der Waals surface area contributed by atoms with E-state index in [1.54, 1.807) is 23.1 Å². The van der Waals surface area contributed by atoms with E-state index in [2.05, 4.69) is 16.0 Å². The number of rotatable bonds is 6. The third-order valence-electron chi connectivity index (χ3n) is 5.88. The van der Waals surface area contributed by atoms with E-state index < -0.39 is 6.04 Å². The van der Waals surface area contributed by atoms with Crippen molar-refractivity contribution in [3.05, 3.63) is 70.3 Å². The number of nitrogens with zero attached hydrogens (tertiary/aromatic N) is 1. The Morgan fingerprint density at radius 1 is 1.03 bits per heavy atom. The Hall–Kier alpha value is -3.68. The zero-order chi connectivity index (χ0) is 22.7. The number of likely N-dealkylation sites (tertiary alicyclic amines) is 1. The van der Waals surface area contributed by atoms with Crippen LogP contribution in [0.1, 0.15) is 57.2 Å². The van der Waals surface area contributed by atoms with E-state index in [0.29, 0.717) is 43.7 Å². The van der Waals surface area contributed by atoms with Crippen molar-refractivity contribution < 1.29 is 19.2 Å². The van der Waals surface area contributed by atoms with Crippen LogP contribution in [0.5, 0.6) is 0 Å². The number of carbonyl (C=O) groups is 4. The molecular weight excluding hydrogens is 408 g/mol. The quantitative estimate of drug-likeness (QED) is 0.640. The number of amides is 4. The number of carbonyl (C=O) groups excluding carboxylic acids is 4. The van der Waals surface area contributed by atoms with Crippen LogP contribution in [0.2, 0.25) is 0 Å². The maximum atomic E-state index is 13.0. The number of hydrogen-bond donors (Lipinski definition) is 3. The first-order valence-electron chi connectivity index (χ1n) is 10.7. The third kappa shape index (κ3) is 4.64. The van der Waals surface area contributed by atoms with Crippen LogP contribution >= 0.6 is 0 Å². The van der Waals surface area contributed by atoms with Gasteiger partial charge in [-0.3, -0.25) is 19.2 Å². The predicted octanol–water partition coefficient (Wildman–Crippen LogP) is 1.49. The maximum absolute atomic E-state index is 13.0. The third-order valence-corrected chi connectivity index (χ3v) is 5.88. The van der Waals surface area contributed by atoms with Crippen molar-refractivity contribution in [3.8, 4) is 0 Å². The average molecular weight is 434 g/mol. The van der Waals surface area contributed by atoms with Gasteiger partial charge in [0, 0.05) is 44.2 Å². The molecule has 8 heteroatoms. The average Bonchev–Trinajstić information content (AvgIpc) is 3.43. The highest BCUT2D eigenvalue weighted by Gasteiger charge is 2.34. The van der Waals surface area contributed by atoms with Crippen LogP contribution in [0.25, 0.3) is 0 Å². The first-order chi connectivity index (χ1) is 15.4. The molecule has 1 fully saturated rings. The van der Waals surface area contributed by atoms with E-state index in [-0.39, 0.29) is 23.6 Å². The number of nitrogens with one attached hydrogen (secondary N) is 3. The summed E-state index contributed by atoms with van der Waals surface area (Å²) in [5.74, 6) is -0.524. The summed E-state index contributed by atoms with van der Waals surface area (Å²) < 4.78 is 0. The fourth-order valence-electron chi connectivity index (χ4n) is 4.14. The molecule has 2 aromatic rings. The number of fused-ring (bicyclic) bond motifs is 1. The Morgan fingerprint density at radius 2 is 1.75 bits per heavy atom. The van der Waals surface area contributed by atoms with Crippen molar-refractivity contribution in [2.45, 2.75) is 45.4 Å². The van der Waals surface area contributed by atoms with Gasteiger partial charge in [-0.2, -0.15) is 0 Å². The molecule has 4 amide bonds. The Morgan fingerprint density at radius 3 is 2.50 bits per heavy atom. The maximum Gasteiger partial charge on any atom is 0.254 e. The molecule has 0 bridgehead atoms. The summed E-state index contributed by atoms with van der Waals surface area (Å²) >= 11 is 0. The molecule has 0 spiro atoms. The zero-order valence-corrected chi connectivity index (χ0v) is 17.9. The molecule has 1 unspecified atom stereocenters. The zero-order valence-electron chi connectivity index (χ0n) is 17.9. The van der Waals surface area contributed by atoms with Crippen LogP contribution in [0.4, 0.5) is 0 Å². The molecule has 32 heavy (non-hydrogen) atoms. The monoisotopic (exact) mass is 434 g/mol. The Labute approximate surface area is 186 Å². The van der Waals surface area contributed by atoms with Gasteiger partial charge in [0.2, 0.25) is 11.8 Å². The minimum absolute atomic E-state index is 0.0705. The summed E-state index contributed by atoms with van der Waals surface area (Å²) in [6.45, 7) is 3.25. The van der Waals surface area contributed by atoms with Gasteiger partial charge in [0.15, 0.2) is 0 Å². The lowest BCUT2D eigenvalue weighted by Gasteiger charge is -2.24. The highest BCUT2D eigenvalue weighted by atomic mass is 16.2. The Balaban J connectivity index is 1.36. The number of hydrogen-bond acceptors (Lipinski definition) is 4. The summed E-state index contributed by atoms with van der Waals surface area (Å²) in [6, 6.07) is 12.1. The summed E-state index contributed by atoms with van der Waals surface area (Å²) in [5, 5.41) is 8.44. The Bertz CT molecular complexity index is 1060. The Kier molecular flexibility index (Phi) is 6.20. The molecular formula is C24H26N4O4. The molecule has 4 rings (SSSR count). The molecule has 2 aliphatic heterocycles. The molecule has 8 nitrogen and oxygen atoms in total. The van der Waals surface area contributed by atoms with E-state index in [4.69, 9.17) is 0 Å². The van der Waals surface area contributed by atoms with Gasteiger partial charge in [0.05, 0.1) is 0 Å². The smallest absolute Gasteiger partial charge is 0.254 e. The van der Waals surface area contributed by atoms with Crippen LogP contribution in [-0.4, -0.2) is 41.1 Å². The second kappa shape index (κ2) is 9.21. The lowest BCUT2D eigenvalue weighted by Crippen LogP contribution is -2.45. The van der Waals surface area contributed by atoms with E-state index in [1.807, 2.05) is 24.3 Å². The lowest BCUT2D eigenvalue weighted by atomic mass is 10.1. The van der Waals surface area contributed by atoms with Crippen LogP contribution in [0, 0.1) is 0 Å². The standard InChI is InChI=1S/C24H26N4O4/c1-15(29)25-12-16-4-7-18(8-5-16)24(32)28-10-2-3-21(28)23(31)26-13-17-6-9-20-19(11-17)14-27-22(20)30/h4-9,11,21H,2-3,10,12-14H2,1H3,(H,25,29)(H,26,31)(H,27,30). The summed E-state index contributed by atoms with van der Waals surface area (Å²) in [5.41, 5.74) is 3.95. The molecule has 2 heterocycles. The van der Waals surface area contributed by atoms with Gasteiger partial charge < -0.3 is 20.9 Å². The summed E-state index contributed by atoms with van der Waals surface area (Å²) in [4.78, 5) is 50.2. The van der Waals surface area contributed by atoms with Gasteiger partial charge in [-0.05, 0) is 47.7 Å². The molecule has 0 saturated carbocycles. The van der Waals surface area contributed by atoms with Gasteiger partial charge in [-0.1, -0.05) is 24.3 Å². The van der Waals surface area contributed by atoms with Crippen molar-refractivity contribution in [2.24, 2.45) is 0 Å². The van der Waals surface area contributed by atoms with Gasteiger partial charge in [0.25, 0.3) is 11.8 Å². The molecule has 2 aliphatic rings. The minimum Gasteiger partial charge on any atom is -0.352 e. The first-order valence-corrected chi connectivity index (χ1v) is 10.7. The summed E-state index contributed by atoms with van der Waals surface area (Å²) in [6.07, 6.45) is 1.40. The second-order valence-electron chi connectivity index (χ2n) is 8.16. The SMILES string of the molecule is CC(=O)NCc1ccc(C(=O)N2CCCC2C(=O)NCc2ccc3c(c2)CNC3=O)cc1. The van der Waals surface area contributed by atoms with Gasteiger partial charge in [-0.25, -0.2) is 0 Å². The molecule has 0 aliphatic carbocycles. The van der Waals surface area contributed by atoms with E-state index in [1.165, 1.54) is 6.92 Å². The molecule has 1 atom stereocenters. The first kappa shape index (κ1) is 21.5. The van der Waals surface area contributed by atoms with Gasteiger partial charge >= 0.3 is 0 Å². The topological polar surface area (TPSA) is 108 Å². The van der Waals surface area contributed by atoms with Crippen LogP contribution in [-0.2, 0) is 29.2 Å². The molecule has 3 N–H and O–H groups in total. The van der Waals surface area contributed by atoms with Crippen molar-refractivity contribution in [1.29, 1.82) is 0 Å². The largest absolute Gasteiger partial charge is 0.352 e. The normalized spacial score (nSPS) is 17.0. The van der Waals surface area contributed by atoms with Crippen LogP contribution in [0.3, 0.4) is 0 Å². The number of benzene rings is 2. The van der Waals surface area contributed by atoms with E-state index >= 15 is 0 Å². The molecule has 0 radical (unpaired) electrons. The second-order valence-corrected chi connectivity index (χ2v) is 8.16. The van der Waals surface area contributed by atoms with Crippen molar-refractivity contribution in [2.75, 3.05) is 6.54 Å². The van der Waals surface area contributed by atoms with Crippen LogP contribution < -0.4 is 16.0 Å². The van der Waals surface area contributed by atoms with E-state index in [0.717, 1.165) is 23.1 Å². The highest BCUT2D eigenvalue weighted by Crippen LogP contribution is 2.21. The molecule has 2 aromatic carbocycles. The van der Waals surface area contributed by atoms with Gasteiger partial charge in [-0.15, -0.1) is 0 Å². The highest BCUT2D eigenvalue weighted by molar-refractivity contribution is 5.99. The molecule has 0 aromatic heterocycles. The molecule has 1 saturated heterocycles. The fraction of sp³-hybridized carbons (Fsp3) is 0.333. The van der Waals surface area contributed by atoms with Crippen LogP contribution in [0.15, 0.2) is 42.5 Å². The minimum atomic E-state index is -0.501. The summed E-state index contributed by atoms with van der Waals surface area (Å²) in [7, 11) is 0. The van der Waals surface area contributed by atoms with Crippen molar-refractivity contribution in [1.82, 2.24) is 20.9 Å². The van der Waals surface area contributed by atoms with Crippen molar-refractivity contribution >= 4 is 23.6 Å². The van der Waals surface area contributed by atoms with E-state index in [9.17, 15) is 19.2 Å². The lowest BCUT2D eigenvalue weighted by molar-refractivity contribution is -0.125. The van der Waals surface area contributed by atoms with Crippen molar-refractivity contribution in [3.63, 3.8) is 0 Å². The molecule has 166 valence electrons. The fourth-order valence-corrected chi connectivity index (χ4v) is 4.14. The van der Waals surface area contributed by atoms with Gasteiger partial charge in [0.1, 0.15) is 6.04 Å².